The molecule has 2 aromatic rings. The molecule has 1 aromatic heterocycles. The van der Waals surface area contributed by atoms with E-state index in [0.29, 0.717) is 6.42 Å². The minimum absolute atomic E-state index is 0.262. The maximum atomic E-state index is 11.2. The first-order chi connectivity index (χ1) is 8.22. The summed E-state index contributed by atoms with van der Waals surface area (Å²) in [5, 5.41) is 2.16. The molecule has 0 saturated carbocycles. The van der Waals surface area contributed by atoms with E-state index >= 15 is 0 Å². The fourth-order valence-electron chi connectivity index (χ4n) is 1.91. The van der Waals surface area contributed by atoms with Crippen molar-refractivity contribution in [1.29, 1.82) is 0 Å². The second-order valence-electron chi connectivity index (χ2n) is 4.06. The molecule has 17 heavy (non-hydrogen) atoms. The minimum atomic E-state index is -0.361. The summed E-state index contributed by atoms with van der Waals surface area (Å²) >= 11 is 0. The standard InChI is InChI=1S/C13H15N3O/c14-6-10(13(15)17)5-11-8-16-7-9-3-1-2-4-12(9)11/h1-4,7-8,10H,5-6,14H2,(H2,15,17). The van der Waals surface area contributed by atoms with Gasteiger partial charge >= 0.3 is 0 Å². The molecule has 1 heterocycles. The zero-order chi connectivity index (χ0) is 12.3. The molecule has 0 radical (unpaired) electrons. The fraction of sp³-hybridized carbons (Fsp3) is 0.231. The molecule has 2 rings (SSSR count). The van der Waals surface area contributed by atoms with Crippen molar-refractivity contribution in [2.45, 2.75) is 6.42 Å². The number of nitrogens with two attached hydrogens (primary N) is 2. The van der Waals surface area contributed by atoms with Crippen LogP contribution in [0.3, 0.4) is 0 Å². The Morgan fingerprint density at radius 1 is 1.29 bits per heavy atom. The quantitative estimate of drug-likeness (QED) is 0.815. The van der Waals surface area contributed by atoms with Gasteiger partial charge in [-0.2, -0.15) is 0 Å². The lowest BCUT2D eigenvalue weighted by atomic mass is 9.96. The van der Waals surface area contributed by atoms with E-state index in [1.807, 2.05) is 24.3 Å². The SMILES string of the molecule is NCC(Cc1cncc2ccccc12)C(N)=O. The molecule has 88 valence electrons. The highest BCUT2D eigenvalue weighted by molar-refractivity contribution is 5.85. The number of pyridine rings is 1. The molecule has 4 nitrogen and oxygen atoms in total. The molecule has 4 heteroatoms. The highest BCUT2D eigenvalue weighted by Crippen LogP contribution is 2.19. The van der Waals surface area contributed by atoms with Gasteiger partial charge in [0, 0.05) is 24.3 Å². The summed E-state index contributed by atoms with van der Waals surface area (Å²) in [6.45, 7) is 0.262. The van der Waals surface area contributed by atoms with Gasteiger partial charge in [0.15, 0.2) is 0 Å². The number of hydrogen-bond donors (Lipinski definition) is 2. The minimum Gasteiger partial charge on any atom is -0.369 e. The Kier molecular flexibility index (Phi) is 3.35. The first-order valence-corrected chi connectivity index (χ1v) is 5.53. The van der Waals surface area contributed by atoms with Crippen molar-refractivity contribution in [3.8, 4) is 0 Å². The van der Waals surface area contributed by atoms with Gasteiger partial charge in [0.25, 0.3) is 0 Å². The number of amides is 1. The molecule has 1 aromatic carbocycles. The monoisotopic (exact) mass is 229 g/mol. The van der Waals surface area contributed by atoms with Crippen LogP contribution in [0.2, 0.25) is 0 Å². The summed E-state index contributed by atoms with van der Waals surface area (Å²) in [5.74, 6) is -0.692. The van der Waals surface area contributed by atoms with Crippen molar-refractivity contribution in [3.05, 3.63) is 42.2 Å². The predicted octanol–water partition coefficient (Wildman–Crippen LogP) is 0.837. The zero-order valence-electron chi connectivity index (χ0n) is 9.47. The van der Waals surface area contributed by atoms with Crippen molar-refractivity contribution in [2.75, 3.05) is 6.54 Å². The van der Waals surface area contributed by atoms with Gasteiger partial charge in [-0.1, -0.05) is 24.3 Å². The molecule has 1 amide bonds. The van der Waals surface area contributed by atoms with Gasteiger partial charge in [-0.25, -0.2) is 0 Å². The van der Waals surface area contributed by atoms with Crippen LogP contribution in [0, 0.1) is 5.92 Å². The molecule has 0 aliphatic carbocycles. The maximum Gasteiger partial charge on any atom is 0.222 e. The number of fused-ring (bicyclic) bond motifs is 1. The van der Waals surface area contributed by atoms with Gasteiger partial charge < -0.3 is 11.5 Å². The number of benzene rings is 1. The molecule has 1 unspecified atom stereocenters. The average molecular weight is 229 g/mol. The van der Waals surface area contributed by atoms with Crippen LogP contribution in [-0.4, -0.2) is 17.4 Å². The van der Waals surface area contributed by atoms with E-state index in [2.05, 4.69) is 4.98 Å². The van der Waals surface area contributed by atoms with E-state index in [4.69, 9.17) is 11.5 Å². The topological polar surface area (TPSA) is 82.0 Å². The van der Waals surface area contributed by atoms with Crippen LogP contribution in [0.5, 0.6) is 0 Å². The Balaban J connectivity index is 2.38. The van der Waals surface area contributed by atoms with E-state index in [0.717, 1.165) is 16.3 Å². The van der Waals surface area contributed by atoms with Crippen molar-refractivity contribution < 1.29 is 4.79 Å². The Morgan fingerprint density at radius 3 is 2.76 bits per heavy atom. The Bertz CT molecular complexity index is 534. The van der Waals surface area contributed by atoms with Gasteiger partial charge in [0.2, 0.25) is 5.91 Å². The first kappa shape index (κ1) is 11.5. The van der Waals surface area contributed by atoms with Crippen LogP contribution in [0.4, 0.5) is 0 Å². The van der Waals surface area contributed by atoms with Crippen LogP contribution in [0.25, 0.3) is 10.8 Å². The second-order valence-corrected chi connectivity index (χ2v) is 4.06. The maximum absolute atomic E-state index is 11.2. The number of hydrogen-bond acceptors (Lipinski definition) is 3. The summed E-state index contributed by atoms with van der Waals surface area (Å²) in [4.78, 5) is 15.4. The third-order valence-electron chi connectivity index (χ3n) is 2.90. The van der Waals surface area contributed by atoms with E-state index in [9.17, 15) is 4.79 Å². The second kappa shape index (κ2) is 4.93. The Labute approximate surface area is 99.6 Å². The lowest BCUT2D eigenvalue weighted by Crippen LogP contribution is -2.31. The van der Waals surface area contributed by atoms with Gasteiger partial charge in [0.1, 0.15) is 0 Å². The van der Waals surface area contributed by atoms with Crippen molar-refractivity contribution in [3.63, 3.8) is 0 Å². The molecular weight excluding hydrogens is 214 g/mol. The molecule has 1 atom stereocenters. The molecule has 0 spiro atoms. The van der Waals surface area contributed by atoms with Crippen LogP contribution >= 0.6 is 0 Å². The molecule has 0 fully saturated rings. The number of aromatic nitrogens is 1. The van der Waals surface area contributed by atoms with Gasteiger partial charge in [0.05, 0.1) is 5.92 Å². The summed E-state index contributed by atoms with van der Waals surface area (Å²) in [6.07, 6.45) is 4.12. The third-order valence-corrected chi connectivity index (χ3v) is 2.90. The summed E-state index contributed by atoms with van der Waals surface area (Å²) in [7, 11) is 0. The molecule has 0 aliphatic rings. The van der Waals surface area contributed by atoms with Crippen LogP contribution < -0.4 is 11.5 Å². The Morgan fingerprint density at radius 2 is 2.06 bits per heavy atom. The number of primary amides is 1. The summed E-state index contributed by atoms with van der Waals surface area (Å²) in [5.41, 5.74) is 11.9. The van der Waals surface area contributed by atoms with E-state index < -0.39 is 0 Å². The lowest BCUT2D eigenvalue weighted by molar-refractivity contribution is -0.121. The highest BCUT2D eigenvalue weighted by atomic mass is 16.1. The number of carbonyl (C=O) groups is 1. The van der Waals surface area contributed by atoms with Crippen LogP contribution in [0.15, 0.2) is 36.7 Å². The van der Waals surface area contributed by atoms with Crippen molar-refractivity contribution in [2.24, 2.45) is 17.4 Å². The lowest BCUT2D eigenvalue weighted by Gasteiger charge is -2.12. The first-order valence-electron chi connectivity index (χ1n) is 5.53. The summed E-state index contributed by atoms with van der Waals surface area (Å²) < 4.78 is 0. The van der Waals surface area contributed by atoms with Crippen molar-refractivity contribution >= 4 is 16.7 Å². The van der Waals surface area contributed by atoms with Crippen LogP contribution in [-0.2, 0) is 11.2 Å². The largest absolute Gasteiger partial charge is 0.369 e. The molecule has 0 aliphatic heterocycles. The fourth-order valence-corrected chi connectivity index (χ4v) is 1.91. The van der Waals surface area contributed by atoms with Crippen molar-refractivity contribution in [1.82, 2.24) is 4.98 Å². The van der Waals surface area contributed by atoms with E-state index in [1.165, 1.54) is 0 Å². The van der Waals surface area contributed by atoms with Gasteiger partial charge in [-0.15, -0.1) is 0 Å². The number of carbonyl (C=O) groups excluding carboxylic acids is 1. The zero-order valence-corrected chi connectivity index (χ0v) is 9.47. The average Bonchev–Trinajstić information content (AvgIpc) is 2.35. The van der Waals surface area contributed by atoms with Crippen LogP contribution in [0.1, 0.15) is 5.56 Å². The number of nitrogens with zero attached hydrogens (tertiary/aromatic N) is 1. The molecular formula is C13H15N3O. The smallest absolute Gasteiger partial charge is 0.222 e. The highest BCUT2D eigenvalue weighted by Gasteiger charge is 2.15. The molecule has 0 saturated heterocycles. The van der Waals surface area contributed by atoms with Gasteiger partial charge in [-0.3, -0.25) is 9.78 Å². The number of rotatable bonds is 4. The Hall–Kier alpha value is -1.94. The van der Waals surface area contributed by atoms with Gasteiger partial charge in [-0.05, 0) is 17.4 Å². The predicted molar refractivity (Wildman–Crippen MR) is 67.2 cm³/mol. The molecule has 0 bridgehead atoms. The normalized spacial score (nSPS) is 12.5. The van der Waals surface area contributed by atoms with E-state index in [-0.39, 0.29) is 18.4 Å². The third kappa shape index (κ3) is 2.42. The molecule has 4 N–H and O–H groups in total. The summed E-state index contributed by atoms with van der Waals surface area (Å²) in [6, 6.07) is 7.93. The van der Waals surface area contributed by atoms with E-state index in [1.54, 1.807) is 12.4 Å².